The Morgan fingerprint density at radius 3 is 2.84 bits per heavy atom. The van der Waals surface area contributed by atoms with Gasteiger partial charge in [0.15, 0.2) is 5.82 Å². The second kappa shape index (κ2) is 6.09. The van der Waals surface area contributed by atoms with E-state index in [9.17, 15) is 9.18 Å². The summed E-state index contributed by atoms with van der Waals surface area (Å²) in [7, 11) is 0. The molecule has 1 heterocycles. The Morgan fingerprint density at radius 1 is 1.32 bits per heavy atom. The number of aromatic nitrogens is 1. The first kappa shape index (κ1) is 13.2. The van der Waals surface area contributed by atoms with Crippen LogP contribution >= 0.6 is 0 Å². The Labute approximate surface area is 111 Å². The minimum absolute atomic E-state index is 0.00121. The summed E-state index contributed by atoms with van der Waals surface area (Å²) in [5.74, 6) is -1.07. The maximum Gasteiger partial charge on any atom is 0.258 e. The summed E-state index contributed by atoms with van der Waals surface area (Å²) in [5.41, 5.74) is 1.78. The number of nitrogens with zero attached hydrogens (tertiary/aromatic N) is 1. The highest BCUT2D eigenvalue weighted by Crippen LogP contribution is 2.18. The number of rotatable bonds is 4. The first-order chi connectivity index (χ1) is 9.22. The SMILES string of the molecule is CCCc1ccccc1NC(=O)c1ccncc1F. The third kappa shape index (κ3) is 3.16. The fourth-order valence-electron chi connectivity index (χ4n) is 1.88. The lowest BCUT2D eigenvalue weighted by Gasteiger charge is -2.10. The average molecular weight is 258 g/mol. The van der Waals surface area contributed by atoms with Gasteiger partial charge in [-0.15, -0.1) is 0 Å². The number of hydrogen-bond donors (Lipinski definition) is 1. The zero-order valence-corrected chi connectivity index (χ0v) is 10.7. The molecule has 0 unspecified atom stereocenters. The molecule has 2 rings (SSSR count). The summed E-state index contributed by atoms with van der Waals surface area (Å²) in [5, 5.41) is 2.75. The normalized spacial score (nSPS) is 10.2. The number of para-hydroxylation sites is 1. The molecule has 1 N–H and O–H groups in total. The lowest BCUT2D eigenvalue weighted by molar-refractivity contribution is 0.102. The summed E-state index contributed by atoms with van der Waals surface area (Å²) in [6, 6.07) is 8.92. The number of benzene rings is 1. The van der Waals surface area contributed by atoms with E-state index in [2.05, 4.69) is 17.2 Å². The van der Waals surface area contributed by atoms with Gasteiger partial charge in [-0.05, 0) is 24.1 Å². The van der Waals surface area contributed by atoms with Crippen LogP contribution in [-0.2, 0) is 6.42 Å². The van der Waals surface area contributed by atoms with Crippen LogP contribution in [0.1, 0.15) is 29.3 Å². The van der Waals surface area contributed by atoms with E-state index in [1.165, 1.54) is 12.3 Å². The lowest BCUT2D eigenvalue weighted by atomic mass is 10.1. The standard InChI is InChI=1S/C15H15FN2O/c1-2-5-11-6-3-4-7-14(11)18-15(19)12-8-9-17-10-13(12)16/h3-4,6-10H,2,5H2,1H3,(H,18,19). The van der Waals surface area contributed by atoms with E-state index < -0.39 is 11.7 Å². The molecule has 0 spiro atoms. The monoisotopic (exact) mass is 258 g/mol. The molecule has 1 aromatic carbocycles. The Balaban J connectivity index is 2.22. The van der Waals surface area contributed by atoms with Gasteiger partial charge in [0.25, 0.3) is 5.91 Å². The second-order valence-electron chi connectivity index (χ2n) is 4.22. The Morgan fingerprint density at radius 2 is 2.11 bits per heavy atom. The largest absolute Gasteiger partial charge is 0.322 e. The summed E-state index contributed by atoms with van der Waals surface area (Å²) in [6.45, 7) is 2.07. The number of halogens is 1. The van der Waals surface area contributed by atoms with Gasteiger partial charge in [-0.25, -0.2) is 4.39 Å². The molecule has 4 heteroatoms. The first-order valence-electron chi connectivity index (χ1n) is 6.21. The molecule has 0 aliphatic heterocycles. The van der Waals surface area contributed by atoms with E-state index in [-0.39, 0.29) is 5.56 Å². The van der Waals surface area contributed by atoms with Gasteiger partial charge >= 0.3 is 0 Å². The van der Waals surface area contributed by atoms with Crippen molar-refractivity contribution in [3.63, 3.8) is 0 Å². The van der Waals surface area contributed by atoms with Crippen LogP contribution < -0.4 is 5.32 Å². The number of hydrogen-bond acceptors (Lipinski definition) is 2. The molecule has 2 aromatic rings. The number of aryl methyl sites for hydroxylation is 1. The maximum atomic E-state index is 13.5. The van der Waals surface area contributed by atoms with Gasteiger partial charge in [0.05, 0.1) is 11.8 Å². The number of nitrogens with one attached hydrogen (secondary N) is 1. The smallest absolute Gasteiger partial charge is 0.258 e. The predicted octanol–water partition coefficient (Wildman–Crippen LogP) is 3.43. The number of pyridine rings is 1. The minimum atomic E-state index is -0.618. The summed E-state index contributed by atoms with van der Waals surface area (Å²) < 4.78 is 13.5. The van der Waals surface area contributed by atoms with Crippen molar-refractivity contribution in [1.29, 1.82) is 0 Å². The minimum Gasteiger partial charge on any atom is -0.322 e. The van der Waals surface area contributed by atoms with Gasteiger partial charge in [-0.3, -0.25) is 9.78 Å². The lowest BCUT2D eigenvalue weighted by Crippen LogP contribution is -2.15. The van der Waals surface area contributed by atoms with Crippen LogP contribution in [0.4, 0.5) is 10.1 Å². The van der Waals surface area contributed by atoms with Crippen LogP contribution in [0.2, 0.25) is 0 Å². The number of carbonyl (C=O) groups is 1. The molecule has 19 heavy (non-hydrogen) atoms. The molecule has 0 aliphatic carbocycles. The van der Waals surface area contributed by atoms with Crippen LogP contribution in [0.3, 0.4) is 0 Å². The van der Waals surface area contributed by atoms with Crippen molar-refractivity contribution in [3.05, 3.63) is 59.7 Å². The molecule has 3 nitrogen and oxygen atoms in total. The third-order valence-electron chi connectivity index (χ3n) is 2.80. The molecule has 1 amide bonds. The van der Waals surface area contributed by atoms with Crippen molar-refractivity contribution < 1.29 is 9.18 Å². The van der Waals surface area contributed by atoms with Crippen molar-refractivity contribution in [3.8, 4) is 0 Å². The van der Waals surface area contributed by atoms with Crippen molar-refractivity contribution in [2.24, 2.45) is 0 Å². The molecule has 0 radical (unpaired) electrons. The predicted molar refractivity (Wildman–Crippen MR) is 72.6 cm³/mol. The van der Waals surface area contributed by atoms with E-state index >= 15 is 0 Å². The van der Waals surface area contributed by atoms with Crippen molar-refractivity contribution in [1.82, 2.24) is 4.98 Å². The highest BCUT2D eigenvalue weighted by atomic mass is 19.1. The Kier molecular flexibility index (Phi) is 4.23. The fourth-order valence-corrected chi connectivity index (χ4v) is 1.88. The third-order valence-corrected chi connectivity index (χ3v) is 2.80. The molecule has 0 atom stereocenters. The second-order valence-corrected chi connectivity index (χ2v) is 4.22. The van der Waals surface area contributed by atoms with Crippen molar-refractivity contribution >= 4 is 11.6 Å². The highest BCUT2D eigenvalue weighted by Gasteiger charge is 2.12. The summed E-state index contributed by atoms with van der Waals surface area (Å²) in [4.78, 5) is 15.6. The zero-order chi connectivity index (χ0) is 13.7. The van der Waals surface area contributed by atoms with Gasteiger partial charge in [0.2, 0.25) is 0 Å². The van der Waals surface area contributed by atoms with Crippen molar-refractivity contribution in [2.45, 2.75) is 19.8 Å². The number of amides is 1. The van der Waals surface area contributed by atoms with Crippen LogP contribution in [0.15, 0.2) is 42.7 Å². The van der Waals surface area contributed by atoms with E-state index in [1.54, 1.807) is 0 Å². The van der Waals surface area contributed by atoms with E-state index in [0.717, 1.165) is 30.3 Å². The number of anilines is 1. The van der Waals surface area contributed by atoms with Gasteiger partial charge in [0.1, 0.15) is 0 Å². The molecule has 0 bridgehead atoms. The Bertz CT molecular complexity index is 584. The van der Waals surface area contributed by atoms with Gasteiger partial charge in [-0.1, -0.05) is 31.5 Å². The fraction of sp³-hybridized carbons (Fsp3) is 0.200. The Hall–Kier alpha value is -2.23. The summed E-state index contributed by atoms with van der Waals surface area (Å²) >= 11 is 0. The van der Waals surface area contributed by atoms with Gasteiger partial charge in [-0.2, -0.15) is 0 Å². The molecule has 0 saturated heterocycles. The van der Waals surface area contributed by atoms with E-state index in [0.29, 0.717) is 0 Å². The van der Waals surface area contributed by atoms with Gasteiger partial charge in [0, 0.05) is 11.9 Å². The quantitative estimate of drug-likeness (QED) is 0.913. The first-order valence-corrected chi connectivity index (χ1v) is 6.21. The molecule has 1 aromatic heterocycles. The zero-order valence-electron chi connectivity index (χ0n) is 10.7. The van der Waals surface area contributed by atoms with E-state index in [4.69, 9.17) is 0 Å². The van der Waals surface area contributed by atoms with Crippen LogP contribution in [0, 0.1) is 5.82 Å². The molecular weight excluding hydrogens is 243 g/mol. The van der Waals surface area contributed by atoms with Gasteiger partial charge < -0.3 is 5.32 Å². The topological polar surface area (TPSA) is 42.0 Å². The highest BCUT2D eigenvalue weighted by molar-refractivity contribution is 6.04. The van der Waals surface area contributed by atoms with Crippen LogP contribution in [0.5, 0.6) is 0 Å². The molecule has 0 fully saturated rings. The number of carbonyl (C=O) groups excluding carboxylic acids is 1. The molecular formula is C15H15FN2O. The molecule has 0 saturated carbocycles. The maximum absolute atomic E-state index is 13.5. The molecule has 0 aliphatic rings. The molecule has 98 valence electrons. The summed E-state index contributed by atoms with van der Waals surface area (Å²) in [6.07, 6.45) is 4.29. The average Bonchev–Trinajstić information content (AvgIpc) is 2.41. The van der Waals surface area contributed by atoms with Crippen molar-refractivity contribution in [2.75, 3.05) is 5.32 Å². The van der Waals surface area contributed by atoms with Crippen LogP contribution in [-0.4, -0.2) is 10.9 Å². The van der Waals surface area contributed by atoms with E-state index in [1.807, 2.05) is 24.3 Å². The van der Waals surface area contributed by atoms with Crippen LogP contribution in [0.25, 0.3) is 0 Å².